The van der Waals surface area contributed by atoms with Crippen molar-refractivity contribution >= 4 is 35.3 Å². The lowest BCUT2D eigenvalue weighted by atomic mass is 10.2. The Morgan fingerprint density at radius 1 is 0.952 bits per heavy atom. The smallest absolute Gasteiger partial charge is 0.263 e. The first-order chi connectivity index (χ1) is 9.88. The Morgan fingerprint density at radius 3 is 2.14 bits per heavy atom. The number of hydrogen-bond donors (Lipinski definition) is 1. The number of rotatable bonds is 4. The lowest BCUT2D eigenvalue weighted by Crippen LogP contribution is -2.05. The van der Waals surface area contributed by atoms with Crippen LogP contribution in [0, 0.1) is 0 Å². The van der Waals surface area contributed by atoms with Crippen molar-refractivity contribution in [3.63, 3.8) is 0 Å². The van der Waals surface area contributed by atoms with Crippen LogP contribution < -0.4 is 4.72 Å². The van der Waals surface area contributed by atoms with Gasteiger partial charge in [0.05, 0.1) is 5.56 Å². The van der Waals surface area contributed by atoms with Gasteiger partial charge in [-0.25, -0.2) is 0 Å². The van der Waals surface area contributed by atoms with Crippen LogP contribution in [-0.4, -0.2) is 7.05 Å². The predicted molar refractivity (Wildman–Crippen MR) is 81.9 cm³/mol. The van der Waals surface area contributed by atoms with E-state index in [4.69, 9.17) is 11.6 Å². The highest BCUT2D eigenvalue weighted by Crippen LogP contribution is 2.37. The van der Waals surface area contributed by atoms with Crippen LogP contribution in [0.4, 0.5) is 13.2 Å². The van der Waals surface area contributed by atoms with Gasteiger partial charge in [0.2, 0.25) is 0 Å². The zero-order valence-electron chi connectivity index (χ0n) is 10.9. The highest BCUT2D eigenvalue weighted by molar-refractivity contribution is 7.99. The Bertz CT molecular complexity index is 615. The van der Waals surface area contributed by atoms with Crippen LogP contribution in [-0.2, 0) is 6.18 Å². The van der Waals surface area contributed by atoms with Crippen molar-refractivity contribution in [1.82, 2.24) is 4.72 Å². The Labute approximate surface area is 134 Å². The quantitative estimate of drug-likeness (QED) is 0.707. The van der Waals surface area contributed by atoms with E-state index in [0.717, 1.165) is 29.0 Å². The fraction of sp³-hybridized carbons (Fsp3) is 0.143. The lowest BCUT2D eigenvalue weighted by Gasteiger charge is -2.11. The second-order valence-corrected chi connectivity index (χ2v) is 6.72. The summed E-state index contributed by atoms with van der Waals surface area (Å²) in [7, 11) is 1.66. The van der Waals surface area contributed by atoms with Crippen LogP contribution in [0.3, 0.4) is 0 Å². The molecular formula is C14H11ClF3NS2. The van der Waals surface area contributed by atoms with Gasteiger partial charge in [0.25, 0.3) is 0 Å². The molecule has 0 atom stereocenters. The van der Waals surface area contributed by atoms with E-state index in [1.54, 1.807) is 37.4 Å². The van der Waals surface area contributed by atoms with Gasteiger partial charge in [-0.3, -0.25) is 4.72 Å². The molecule has 0 heterocycles. The van der Waals surface area contributed by atoms with Gasteiger partial charge in [-0.1, -0.05) is 23.4 Å². The average Bonchev–Trinajstić information content (AvgIpc) is 2.41. The van der Waals surface area contributed by atoms with Crippen molar-refractivity contribution < 1.29 is 13.2 Å². The van der Waals surface area contributed by atoms with Crippen molar-refractivity contribution in [1.29, 1.82) is 0 Å². The summed E-state index contributed by atoms with van der Waals surface area (Å²) in [6.45, 7) is 0. The summed E-state index contributed by atoms with van der Waals surface area (Å²) in [6.07, 6.45) is -4.36. The first-order valence-electron chi connectivity index (χ1n) is 5.88. The van der Waals surface area contributed by atoms with E-state index in [0.29, 0.717) is 14.8 Å². The van der Waals surface area contributed by atoms with E-state index in [1.165, 1.54) is 11.8 Å². The topological polar surface area (TPSA) is 12.0 Å². The van der Waals surface area contributed by atoms with Gasteiger partial charge in [-0.15, -0.1) is 0 Å². The second-order valence-electron chi connectivity index (χ2n) is 4.05. The summed E-state index contributed by atoms with van der Waals surface area (Å²) in [4.78, 5) is 1.88. The minimum atomic E-state index is -4.36. The molecule has 2 aromatic carbocycles. The number of benzene rings is 2. The van der Waals surface area contributed by atoms with Crippen LogP contribution in [0.2, 0.25) is 5.02 Å². The molecule has 112 valence electrons. The second kappa shape index (κ2) is 6.96. The van der Waals surface area contributed by atoms with Crippen molar-refractivity contribution in [2.45, 2.75) is 20.9 Å². The summed E-state index contributed by atoms with van der Waals surface area (Å²) in [5.41, 5.74) is -0.654. The molecular weight excluding hydrogens is 339 g/mol. The molecule has 0 aromatic heterocycles. The van der Waals surface area contributed by atoms with Crippen LogP contribution in [0.5, 0.6) is 0 Å². The van der Waals surface area contributed by atoms with Gasteiger partial charge in [-0.2, -0.15) is 13.2 Å². The number of hydrogen-bond acceptors (Lipinski definition) is 3. The molecule has 0 saturated carbocycles. The fourth-order valence-electron chi connectivity index (χ4n) is 1.61. The van der Waals surface area contributed by atoms with Gasteiger partial charge in [0.15, 0.2) is 0 Å². The Morgan fingerprint density at radius 2 is 1.57 bits per heavy atom. The number of halogens is 4. The van der Waals surface area contributed by atoms with E-state index in [-0.39, 0.29) is 0 Å². The first kappa shape index (κ1) is 16.5. The van der Waals surface area contributed by atoms with Crippen LogP contribution in [0.1, 0.15) is 5.56 Å². The molecule has 2 aromatic rings. The highest BCUT2D eigenvalue weighted by Gasteiger charge is 2.31. The Balaban J connectivity index is 2.33. The maximum atomic E-state index is 12.9. The van der Waals surface area contributed by atoms with Crippen molar-refractivity contribution in [2.75, 3.05) is 7.05 Å². The highest BCUT2D eigenvalue weighted by atomic mass is 35.5. The maximum Gasteiger partial charge on any atom is 0.416 e. The fourth-order valence-corrected chi connectivity index (χ4v) is 3.33. The van der Waals surface area contributed by atoms with E-state index < -0.39 is 11.7 Å². The first-order valence-corrected chi connectivity index (χ1v) is 7.89. The summed E-state index contributed by atoms with van der Waals surface area (Å²) in [5, 5.41) is 0.592. The summed E-state index contributed by atoms with van der Waals surface area (Å²) < 4.78 is 41.6. The zero-order chi connectivity index (χ0) is 15.5. The van der Waals surface area contributed by atoms with Gasteiger partial charge >= 0.3 is 6.18 Å². The van der Waals surface area contributed by atoms with Gasteiger partial charge in [0.1, 0.15) is 0 Å². The maximum absolute atomic E-state index is 12.9. The molecule has 0 saturated heterocycles. The van der Waals surface area contributed by atoms with Crippen molar-refractivity contribution in [2.24, 2.45) is 0 Å². The normalized spacial score (nSPS) is 11.7. The van der Waals surface area contributed by atoms with Gasteiger partial charge in [-0.05, 0) is 61.5 Å². The summed E-state index contributed by atoms with van der Waals surface area (Å²) >= 11 is 8.21. The summed E-state index contributed by atoms with van der Waals surface area (Å²) in [6, 6.07) is 11.0. The molecule has 21 heavy (non-hydrogen) atoms. The van der Waals surface area contributed by atoms with Crippen LogP contribution in [0.15, 0.2) is 57.2 Å². The monoisotopic (exact) mass is 349 g/mol. The molecule has 7 heteroatoms. The molecule has 2 rings (SSSR count). The lowest BCUT2D eigenvalue weighted by molar-refractivity contribution is -0.137. The Hall–Kier alpha value is -0.820. The molecule has 0 amide bonds. The minimum absolute atomic E-state index is 0.517. The molecule has 1 N–H and O–H groups in total. The van der Waals surface area contributed by atoms with E-state index in [2.05, 4.69) is 4.72 Å². The third-order valence-electron chi connectivity index (χ3n) is 2.48. The molecule has 1 nitrogen and oxygen atoms in total. The molecule has 0 bridgehead atoms. The third kappa shape index (κ3) is 4.85. The van der Waals surface area contributed by atoms with Crippen molar-refractivity contribution in [3.8, 4) is 0 Å². The molecule has 0 aliphatic carbocycles. The van der Waals surface area contributed by atoms with Crippen LogP contribution >= 0.6 is 35.3 Å². The minimum Gasteiger partial charge on any atom is -0.263 e. The predicted octanol–water partition coefficient (Wildman–Crippen LogP) is 5.74. The van der Waals surface area contributed by atoms with Crippen LogP contribution in [0.25, 0.3) is 0 Å². The standard InChI is InChI=1S/C14H11ClF3NS2/c1-19-21-13-7-9(14(16,17)18)6-12(8-13)20-11-4-2-10(15)3-5-11/h2-8,19H,1H3. The summed E-state index contributed by atoms with van der Waals surface area (Å²) in [5.74, 6) is 0. The largest absolute Gasteiger partial charge is 0.416 e. The Kier molecular flexibility index (Phi) is 5.48. The zero-order valence-corrected chi connectivity index (χ0v) is 13.3. The number of nitrogens with one attached hydrogen (secondary N) is 1. The molecule has 0 aliphatic rings. The molecule has 0 unspecified atom stereocenters. The molecule has 0 fully saturated rings. The van der Waals surface area contributed by atoms with Crippen molar-refractivity contribution in [3.05, 3.63) is 53.1 Å². The van der Waals surface area contributed by atoms with E-state index in [1.807, 2.05) is 0 Å². The van der Waals surface area contributed by atoms with Gasteiger partial charge in [0, 0.05) is 19.7 Å². The van der Waals surface area contributed by atoms with E-state index in [9.17, 15) is 13.2 Å². The molecule has 0 aliphatic heterocycles. The SMILES string of the molecule is CNSc1cc(Sc2ccc(Cl)cc2)cc(C(F)(F)F)c1. The number of alkyl halides is 3. The van der Waals surface area contributed by atoms with Gasteiger partial charge < -0.3 is 0 Å². The van der Waals surface area contributed by atoms with E-state index >= 15 is 0 Å². The molecule has 0 radical (unpaired) electrons. The third-order valence-corrected chi connectivity index (χ3v) is 4.38. The average molecular weight is 350 g/mol. The molecule has 0 spiro atoms.